The van der Waals surface area contributed by atoms with Crippen LogP contribution in [0.25, 0.3) is 10.2 Å². The second-order valence-corrected chi connectivity index (χ2v) is 7.42. The van der Waals surface area contributed by atoms with Crippen LogP contribution in [-0.4, -0.2) is 29.4 Å². The van der Waals surface area contributed by atoms with Gasteiger partial charge in [-0.2, -0.15) is 0 Å². The number of para-hydroxylation sites is 1. The van der Waals surface area contributed by atoms with Gasteiger partial charge in [0.15, 0.2) is 5.01 Å². The Morgan fingerprint density at radius 3 is 2.57 bits per heavy atom. The van der Waals surface area contributed by atoms with Crippen molar-refractivity contribution in [3.8, 4) is 0 Å². The minimum absolute atomic E-state index is 0.150. The van der Waals surface area contributed by atoms with Gasteiger partial charge in [0.05, 0.1) is 16.3 Å². The van der Waals surface area contributed by atoms with E-state index in [-0.39, 0.29) is 12.4 Å². The number of ether oxygens (including phenoxy) is 1. The summed E-state index contributed by atoms with van der Waals surface area (Å²) in [7, 11) is 0. The number of carbonyl (C=O) groups is 2. The second kappa shape index (κ2) is 9.96. The molecule has 3 rings (SSSR count). The number of rotatable bonds is 9. The number of carbonyl (C=O) groups excluding carboxylic acids is 2. The molecule has 1 unspecified atom stereocenters. The number of amides is 1. The molecule has 0 saturated carbocycles. The van der Waals surface area contributed by atoms with E-state index in [2.05, 4.69) is 10.3 Å². The Balaban J connectivity index is 1.66. The maximum Gasteiger partial charge on any atom is 0.408 e. The van der Waals surface area contributed by atoms with Gasteiger partial charge in [-0.05, 0) is 43.5 Å². The maximum absolute atomic E-state index is 13.0. The maximum atomic E-state index is 13.0. The lowest BCUT2D eigenvalue weighted by molar-refractivity contribution is 0.0909. The van der Waals surface area contributed by atoms with E-state index >= 15 is 0 Å². The smallest absolute Gasteiger partial charge is 0.408 e. The Morgan fingerprint density at radius 1 is 1.07 bits per heavy atom. The molecule has 3 aromatic rings. The fourth-order valence-electron chi connectivity index (χ4n) is 2.80. The highest BCUT2D eigenvalue weighted by Crippen LogP contribution is 2.23. The van der Waals surface area contributed by atoms with Crippen molar-refractivity contribution in [1.82, 2.24) is 10.3 Å². The molecule has 0 fully saturated rings. The van der Waals surface area contributed by atoms with E-state index in [1.165, 1.54) is 11.3 Å². The lowest BCUT2D eigenvalue weighted by Crippen LogP contribution is -2.41. The topological polar surface area (TPSA) is 94.3 Å². The third kappa shape index (κ3) is 5.37. The number of nitrogens with one attached hydrogen (secondary N) is 1. The Hall–Kier alpha value is -2.77. The van der Waals surface area contributed by atoms with Gasteiger partial charge in [-0.25, -0.2) is 9.78 Å². The number of thiazole rings is 1. The Labute approximate surface area is 167 Å². The van der Waals surface area contributed by atoms with Crippen LogP contribution >= 0.6 is 11.3 Å². The van der Waals surface area contributed by atoms with Gasteiger partial charge in [-0.3, -0.25) is 4.79 Å². The van der Waals surface area contributed by atoms with E-state index in [1.54, 1.807) is 0 Å². The van der Waals surface area contributed by atoms with Gasteiger partial charge >= 0.3 is 6.09 Å². The van der Waals surface area contributed by atoms with Gasteiger partial charge < -0.3 is 15.8 Å². The molecule has 1 atom stereocenters. The highest BCUT2D eigenvalue weighted by molar-refractivity contribution is 7.20. The monoisotopic (exact) mass is 397 g/mol. The van der Waals surface area contributed by atoms with Crippen LogP contribution in [0.3, 0.4) is 0 Å². The Bertz CT molecular complexity index is 894. The molecule has 0 aliphatic heterocycles. The summed E-state index contributed by atoms with van der Waals surface area (Å²) >= 11 is 1.33. The first kappa shape index (κ1) is 20.0. The van der Waals surface area contributed by atoms with Gasteiger partial charge in [-0.1, -0.05) is 42.5 Å². The van der Waals surface area contributed by atoms with Crippen LogP contribution in [0.2, 0.25) is 0 Å². The average Bonchev–Trinajstić information content (AvgIpc) is 3.16. The van der Waals surface area contributed by atoms with E-state index in [9.17, 15) is 9.59 Å². The number of hydrogen-bond acceptors (Lipinski definition) is 6. The van der Waals surface area contributed by atoms with Crippen molar-refractivity contribution < 1.29 is 14.3 Å². The number of nitrogens with zero attached hydrogens (tertiary/aromatic N) is 1. The highest BCUT2D eigenvalue weighted by atomic mass is 32.1. The van der Waals surface area contributed by atoms with Crippen LogP contribution in [0.1, 0.15) is 34.6 Å². The van der Waals surface area contributed by atoms with Crippen LogP contribution < -0.4 is 11.1 Å². The molecule has 0 bridgehead atoms. The minimum atomic E-state index is -0.685. The van der Waals surface area contributed by atoms with Crippen molar-refractivity contribution in [3.05, 3.63) is 65.2 Å². The number of ketones is 1. The third-order valence-corrected chi connectivity index (χ3v) is 5.32. The molecule has 1 amide bonds. The van der Waals surface area contributed by atoms with Crippen LogP contribution in [0, 0.1) is 0 Å². The van der Waals surface area contributed by atoms with Gasteiger partial charge in [0.1, 0.15) is 6.61 Å². The molecule has 0 spiro atoms. The predicted octanol–water partition coefficient (Wildman–Crippen LogP) is 3.90. The molecule has 0 aliphatic carbocycles. The number of nitrogens with two attached hydrogens (primary N) is 1. The third-order valence-electron chi connectivity index (χ3n) is 4.27. The quantitative estimate of drug-likeness (QED) is 0.422. The largest absolute Gasteiger partial charge is 0.445 e. The Kier molecular flexibility index (Phi) is 7.11. The summed E-state index contributed by atoms with van der Waals surface area (Å²) < 4.78 is 6.21. The van der Waals surface area contributed by atoms with Crippen molar-refractivity contribution in [1.29, 1.82) is 0 Å². The molecule has 7 heteroatoms. The molecule has 1 aromatic heterocycles. The number of aromatic nitrogens is 1. The van der Waals surface area contributed by atoms with Crippen molar-refractivity contribution in [2.75, 3.05) is 6.54 Å². The summed E-state index contributed by atoms with van der Waals surface area (Å²) in [5.74, 6) is -0.199. The second-order valence-electron chi connectivity index (χ2n) is 6.39. The summed E-state index contributed by atoms with van der Waals surface area (Å²) in [6.07, 6.45) is 1.39. The zero-order valence-corrected chi connectivity index (χ0v) is 16.3. The van der Waals surface area contributed by atoms with Crippen molar-refractivity contribution in [2.45, 2.75) is 31.9 Å². The van der Waals surface area contributed by atoms with Crippen LogP contribution in [-0.2, 0) is 11.3 Å². The van der Waals surface area contributed by atoms with E-state index in [4.69, 9.17) is 10.5 Å². The van der Waals surface area contributed by atoms with Gasteiger partial charge in [0.2, 0.25) is 5.78 Å². The molecule has 28 heavy (non-hydrogen) atoms. The SMILES string of the molecule is NCCCCC(NC(=O)OCc1ccccc1)C(=O)c1nc2ccccc2s1. The molecule has 146 valence electrons. The van der Waals surface area contributed by atoms with Gasteiger partial charge in [-0.15, -0.1) is 11.3 Å². The fraction of sp³-hybridized carbons (Fsp3) is 0.286. The van der Waals surface area contributed by atoms with E-state index in [0.717, 1.165) is 28.6 Å². The molecule has 1 heterocycles. The first-order chi connectivity index (χ1) is 13.7. The molecule has 0 aliphatic rings. The first-order valence-electron chi connectivity index (χ1n) is 9.24. The molecule has 0 saturated heterocycles. The summed E-state index contributed by atoms with van der Waals surface area (Å²) in [5, 5.41) is 3.09. The summed E-state index contributed by atoms with van der Waals surface area (Å²) in [4.78, 5) is 29.6. The minimum Gasteiger partial charge on any atom is -0.445 e. The number of fused-ring (bicyclic) bond motifs is 1. The lowest BCUT2D eigenvalue weighted by atomic mass is 10.1. The van der Waals surface area contributed by atoms with E-state index < -0.39 is 12.1 Å². The Morgan fingerprint density at radius 2 is 1.82 bits per heavy atom. The molecular weight excluding hydrogens is 374 g/mol. The highest BCUT2D eigenvalue weighted by Gasteiger charge is 2.25. The number of alkyl carbamates (subject to hydrolysis) is 1. The zero-order chi connectivity index (χ0) is 19.8. The number of benzene rings is 2. The van der Waals surface area contributed by atoms with Crippen molar-refractivity contribution in [3.63, 3.8) is 0 Å². The molecule has 0 radical (unpaired) electrons. The van der Waals surface area contributed by atoms with Gasteiger partial charge in [0.25, 0.3) is 0 Å². The number of unbranched alkanes of at least 4 members (excludes halogenated alkanes) is 1. The molecule has 2 aromatic carbocycles. The van der Waals surface area contributed by atoms with Gasteiger partial charge in [0, 0.05) is 0 Å². The summed E-state index contributed by atoms with van der Waals surface area (Å²) in [5.41, 5.74) is 7.22. The van der Waals surface area contributed by atoms with Crippen molar-refractivity contribution >= 4 is 33.4 Å². The van der Waals surface area contributed by atoms with E-state index in [1.807, 2.05) is 54.6 Å². The standard InChI is InChI=1S/C21H23N3O3S/c22-13-7-6-11-17(24-21(26)27-14-15-8-2-1-3-9-15)19(25)20-23-16-10-4-5-12-18(16)28-20/h1-5,8-10,12,17H,6-7,11,13-14,22H2,(H,24,26). The molecular formula is C21H23N3O3S. The average molecular weight is 398 g/mol. The lowest BCUT2D eigenvalue weighted by Gasteiger charge is -2.16. The normalized spacial score (nSPS) is 11.9. The van der Waals surface area contributed by atoms with E-state index in [0.29, 0.717) is 18.0 Å². The number of Topliss-reactive ketones (excluding diaryl/α,β-unsaturated/α-hetero) is 1. The fourth-order valence-corrected chi connectivity index (χ4v) is 3.76. The number of hydrogen-bond donors (Lipinski definition) is 2. The predicted molar refractivity (Wildman–Crippen MR) is 110 cm³/mol. The van der Waals surface area contributed by atoms with Crippen LogP contribution in [0.15, 0.2) is 54.6 Å². The van der Waals surface area contributed by atoms with Crippen LogP contribution in [0.4, 0.5) is 4.79 Å². The zero-order valence-electron chi connectivity index (χ0n) is 15.5. The summed E-state index contributed by atoms with van der Waals surface area (Å²) in [6.45, 7) is 0.692. The van der Waals surface area contributed by atoms with Crippen molar-refractivity contribution in [2.24, 2.45) is 5.73 Å². The molecule has 3 N–H and O–H groups in total. The first-order valence-corrected chi connectivity index (χ1v) is 10.1. The van der Waals surface area contributed by atoms with Crippen LogP contribution in [0.5, 0.6) is 0 Å². The molecule has 6 nitrogen and oxygen atoms in total. The summed E-state index contributed by atoms with van der Waals surface area (Å²) in [6, 6.07) is 16.3.